The maximum absolute atomic E-state index is 8.87. The van der Waals surface area contributed by atoms with Gasteiger partial charge < -0.3 is 5.21 Å². The molecular weight excluding hydrogens is 150 g/mol. The summed E-state index contributed by atoms with van der Waals surface area (Å²) < 4.78 is 0. The molecule has 0 saturated heterocycles. The van der Waals surface area contributed by atoms with Gasteiger partial charge in [-0.05, 0) is 30.6 Å². The van der Waals surface area contributed by atoms with Crippen LogP contribution in [0.2, 0.25) is 0 Å². The average Bonchev–Trinajstić information content (AvgIpc) is 2.34. The zero-order valence-electron chi connectivity index (χ0n) is 8.09. The number of hydrogen-bond acceptors (Lipinski definition) is 2. The zero-order chi connectivity index (χ0) is 8.98. The maximum atomic E-state index is 8.87. The first-order valence-corrected chi connectivity index (χ1v) is 4.74. The van der Waals surface area contributed by atoms with Crippen molar-refractivity contribution in [3.05, 3.63) is 0 Å². The molecular formula is C10H17NO. The molecule has 2 aliphatic rings. The highest BCUT2D eigenvalue weighted by molar-refractivity contribution is 5.93. The van der Waals surface area contributed by atoms with E-state index in [9.17, 15) is 0 Å². The van der Waals surface area contributed by atoms with Crippen LogP contribution in [0.1, 0.15) is 40.0 Å². The van der Waals surface area contributed by atoms with E-state index in [1.807, 2.05) is 0 Å². The molecule has 0 unspecified atom stereocenters. The summed E-state index contributed by atoms with van der Waals surface area (Å²) in [7, 11) is 0. The lowest BCUT2D eigenvalue weighted by Gasteiger charge is -2.33. The Balaban J connectivity index is 2.46. The van der Waals surface area contributed by atoms with E-state index >= 15 is 0 Å². The lowest BCUT2D eigenvalue weighted by Crippen LogP contribution is -2.32. The summed E-state index contributed by atoms with van der Waals surface area (Å²) in [5.74, 6) is 0.744. The van der Waals surface area contributed by atoms with Crippen LogP contribution in [-0.2, 0) is 0 Å². The predicted molar refractivity (Wildman–Crippen MR) is 48.5 cm³/mol. The third-order valence-corrected chi connectivity index (χ3v) is 4.63. The second-order valence-electron chi connectivity index (χ2n) is 5.04. The van der Waals surface area contributed by atoms with Crippen molar-refractivity contribution < 1.29 is 5.21 Å². The Bertz CT molecular complexity index is 244. The quantitative estimate of drug-likeness (QED) is 0.436. The van der Waals surface area contributed by atoms with Crippen molar-refractivity contribution in [1.29, 1.82) is 0 Å². The third-order valence-electron chi connectivity index (χ3n) is 4.63. The highest BCUT2D eigenvalue weighted by Crippen LogP contribution is 2.63. The predicted octanol–water partition coefficient (Wildman–Crippen LogP) is 2.66. The monoisotopic (exact) mass is 167 g/mol. The number of rotatable bonds is 0. The first-order chi connectivity index (χ1) is 5.52. The standard InChI is InChI=1S/C10H17NO/c1-9(2)7-4-5-10(9,3)8(6-7)11-12/h7,12H,4-6H2,1-3H3/t7-,10-/m0/s1. The first-order valence-electron chi connectivity index (χ1n) is 4.74. The van der Waals surface area contributed by atoms with Gasteiger partial charge in [-0.2, -0.15) is 0 Å². The molecule has 0 heterocycles. The molecule has 2 atom stereocenters. The van der Waals surface area contributed by atoms with E-state index in [-0.39, 0.29) is 5.41 Å². The average molecular weight is 167 g/mol. The van der Waals surface area contributed by atoms with Crippen molar-refractivity contribution in [2.24, 2.45) is 21.9 Å². The molecule has 2 fully saturated rings. The van der Waals surface area contributed by atoms with Gasteiger partial charge in [-0.3, -0.25) is 0 Å². The van der Waals surface area contributed by atoms with Crippen molar-refractivity contribution in [2.45, 2.75) is 40.0 Å². The lowest BCUT2D eigenvalue weighted by atomic mass is 9.70. The lowest BCUT2D eigenvalue weighted by molar-refractivity contribution is 0.190. The zero-order valence-corrected chi connectivity index (χ0v) is 8.09. The first kappa shape index (κ1) is 8.09. The minimum absolute atomic E-state index is 0.173. The maximum Gasteiger partial charge on any atom is 0.0638 e. The Morgan fingerprint density at radius 1 is 1.42 bits per heavy atom. The Kier molecular flexibility index (Phi) is 1.37. The Morgan fingerprint density at radius 2 is 2.08 bits per heavy atom. The molecule has 2 saturated carbocycles. The van der Waals surface area contributed by atoms with Crippen molar-refractivity contribution in [3.8, 4) is 0 Å². The smallest absolute Gasteiger partial charge is 0.0638 e. The molecule has 1 N–H and O–H groups in total. The van der Waals surface area contributed by atoms with E-state index in [1.165, 1.54) is 12.8 Å². The van der Waals surface area contributed by atoms with Crippen molar-refractivity contribution in [2.75, 3.05) is 0 Å². The van der Waals surface area contributed by atoms with Gasteiger partial charge in [0.05, 0.1) is 5.71 Å². The van der Waals surface area contributed by atoms with Crippen LogP contribution in [0.15, 0.2) is 5.16 Å². The summed E-state index contributed by atoms with van der Waals surface area (Å²) >= 11 is 0. The normalized spacial score (nSPS) is 47.2. The summed E-state index contributed by atoms with van der Waals surface area (Å²) in [4.78, 5) is 0. The molecule has 0 spiro atoms. The molecule has 0 aromatic carbocycles. The molecule has 2 aliphatic carbocycles. The minimum atomic E-state index is 0.173. The molecule has 2 bridgehead atoms. The van der Waals surface area contributed by atoms with Gasteiger partial charge >= 0.3 is 0 Å². The SMILES string of the molecule is CC1(C)[C@H]2CC[C@@]1(C)C(=NO)C2. The highest BCUT2D eigenvalue weighted by Gasteiger charge is 2.60. The summed E-state index contributed by atoms with van der Waals surface area (Å²) in [5.41, 5.74) is 1.55. The molecule has 0 aliphatic heterocycles. The van der Waals surface area contributed by atoms with Gasteiger partial charge in [0, 0.05) is 5.41 Å². The summed E-state index contributed by atoms with van der Waals surface area (Å²) in [6, 6.07) is 0. The molecule has 0 aromatic heterocycles. The minimum Gasteiger partial charge on any atom is -0.411 e. The van der Waals surface area contributed by atoms with E-state index in [1.54, 1.807) is 0 Å². The van der Waals surface area contributed by atoms with Crippen molar-refractivity contribution in [1.82, 2.24) is 0 Å². The van der Waals surface area contributed by atoms with Gasteiger partial charge in [0.15, 0.2) is 0 Å². The number of hydrogen-bond donors (Lipinski definition) is 1. The fraction of sp³-hybridized carbons (Fsp3) is 0.900. The van der Waals surface area contributed by atoms with E-state index in [0.717, 1.165) is 18.1 Å². The van der Waals surface area contributed by atoms with Crippen LogP contribution in [0, 0.1) is 16.7 Å². The van der Waals surface area contributed by atoms with E-state index in [2.05, 4.69) is 25.9 Å². The second-order valence-corrected chi connectivity index (χ2v) is 5.04. The van der Waals surface area contributed by atoms with E-state index in [4.69, 9.17) is 5.21 Å². The van der Waals surface area contributed by atoms with E-state index in [0.29, 0.717) is 5.41 Å². The molecule has 2 nitrogen and oxygen atoms in total. The third kappa shape index (κ3) is 0.644. The molecule has 0 amide bonds. The Morgan fingerprint density at radius 3 is 2.33 bits per heavy atom. The van der Waals surface area contributed by atoms with Crippen molar-refractivity contribution >= 4 is 5.71 Å². The van der Waals surface area contributed by atoms with Crippen LogP contribution in [0.5, 0.6) is 0 Å². The van der Waals surface area contributed by atoms with Crippen LogP contribution in [0.25, 0.3) is 0 Å². The van der Waals surface area contributed by atoms with Gasteiger partial charge in [-0.1, -0.05) is 25.9 Å². The van der Waals surface area contributed by atoms with E-state index < -0.39 is 0 Å². The summed E-state index contributed by atoms with van der Waals surface area (Å²) in [6.45, 7) is 6.86. The Hall–Kier alpha value is -0.530. The molecule has 2 rings (SSSR count). The number of nitrogens with zero attached hydrogens (tertiary/aromatic N) is 1. The molecule has 68 valence electrons. The topological polar surface area (TPSA) is 32.6 Å². The number of fused-ring (bicyclic) bond motifs is 2. The van der Waals surface area contributed by atoms with Gasteiger partial charge in [-0.25, -0.2) is 0 Å². The van der Waals surface area contributed by atoms with Crippen LogP contribution in [0.3, 0.4) is 0 Å². The summed E-state index contributed by atoms with van der Waals surface area (Å²) in [6.07, 6.45) is 3.52. The van der Waals surface area contributed by atoms with Crippen LogP contribution in [-0.4, -0.2) is 10.9 Å². The molecule has 2 heteroatoms. The fourth-order valence-electron chi connectivity index (χ4n) is 3.08. The van der Waals surface area contributed by atoms with Gasteiger partial charge in [0.25, 0.3) is 0 Å². The molecule has 0 aromatic rings. The molecule has 0 radical (unpaired) electrons. The van der Waals surface area contributed by atoms with Crippen molar-refractivity contribution in [3.63, 3.8) is 0 Å². The van der Waals surface area contributed by atoms with Gasteiger partial charge in [0.1, 0.15) is 0 Å². The van der Waals surface area contributed by atoms with Gasteiger partial charge in [0.2, 0.25) is 0 Å². The second kappa shape index (κ2) is 2.04. The highest BCUT2D eigenvalue weighted by atomic mass is 16.4. The molecule has 12 heavy (non-hydrogen) atoms. The Labute approximate surface area is 73.7 Å². The summed E-state index contributed by atoms with van der Waals surface area (Å²) in [5, 5.41) is 12.3. The largest absolute Gasteiger partial charge is 0.411 e. The number of oxime groups is 1. The van der Waals surface area contributed by atoms with Crippen LogP contribution < -0.4 is 0 Å². The fourth-order valence-corrected chi connectivity index (χ4v) is 3.08. The van der Waals surface area contributed by atoms with Gasteiger partial charge in [-0.15, -0.1) is 0 Å². The van der Waals surface area contributed by atoms with Crippen LogP contribution in [0.4, 0.5) is 0 Å². The van der Waals surface area contributed by atoms with Crippen LogP contribution >= 0.6 is 0 Å².